The highest BCUT2D eigenvalue weighted by atomic mass is 79.9. The molecule has 3 rings (SSSR count). The molecule has 1 aromatic rings. The molecule has 0 fully saturated rings. The molecule has 0 N–H and O–H groups in total. The maximum Gasteiger partial charge on any atom is 0.122 e. The van der Waals surface area contributed by atoms with Crippen molar-refractivity contribution in [3.8, 4) is 5.75 Å². The Kier molecular flexibility index (Phi) is 2.47. The van der Waals surface area contributed by atoms with Crippen LogP contribution in [-0.4, -0.2) is 11.9 Å². The molecule has 1 aromatic carbocycles. The third-order valence-electron chi connectivity index (χ3n) is 3.64. The average Bonchev–Trinajstić information content (AvgIpc) is 2.83. The quantitative estimate of drug-likeness (QED) is 0.746. The van der Waals surface area contributed by atoms with Crippen LogP contribution in [0.4, 0.5) is 0 Å². The van der Waals surface area contributed by atoms with Gasteiger partial charge in [-0.3, -0.25) is 0 Å². The maximum atomic E-state index is 5.64. The van der Waals surface area contributed by atoms with E-state index in [4.69, 9.17) is 4.74 Å². The minimum atomic E-state index is 0.774. The first-order valence-corrected chi connectivity index (χ1v) is 6.85. The van der Waals surface area contributed by atoms with E-state index in [9.17, 15) is 0 Å². The lowest BCUT2D eigenvalue weighted by atomic mass is 9.92. The molecule has 0 radical (unpaired) electrons. The molecule has 0 saturated carbocycles. The summed E-state index contributed by atoms with van der Waals surface area (Å²) in [7, 11) is 0. The van der Waals surface area contributed by atoms with Gasteiger partial charge in [0.05, 0.1) is 6.61 Å². The predicted octanol–water partition coefficient (Wildman–Crippen LogP) is 3.44. The van der Waals surface area contributed by atoms with Crippen LogP contribution in [-0.2, 0) is 12.8 Å². The first-order chi connectivity index (χ1) is 7.40. The van der Waals surface area contributed by atoms with E-state index in [1.165, 1.54) is 24.8 Å². The molecule has 0 bridgehead atoms. The molecule has 0 amide bonds. The van der Waals surface area contributed by atoms with E-state index in [1.54, 1.807) is 11.1 Å². The summed E-state index contributed by atoms with van der Waals surface area (Å²) in [4.78, 5) is 0. The highest BCUT2D eigenvalue weighted by Crippen LogP contribution is 2.43. The molecule has 1 aliphatic heterocycles. The van der Waals surface area contributed by atoms with Crippen molar-refractivity contribution in [3.63, 3.8) is 0 Å². The monoisotopic (exact) mass is 266 g/mol. The van der Waals surface area contributed by atoms with Gasteiger partial charge in [-0.05, 0) is 42.4 Å². The largest absolute Gasteiger partial charge is 0.493 e. The molecule has 80 valence electrons. The maximum absolute atomic E-state index is 5.64. The Morgan fingerprint density at radius 3 is 3.13 bits per heavy atom. The number of rotatable bonds is 2. The van der Waals surface area contributed by atoms with Crippen LogP contribution in [0.5, 0.6) is 5.75 Å². The molecule has 0 aromatic heterocycles. The van der Waals surface area contributed by atoms with Crippen LogP contribution in [0.1, 0.15) is 35.4 Å². The van der Waals surface area contributed by atoms with E-state index in [-0.39, 0.29) is 0 Å². The summed E-state index contributed by atoms with van der Waals surface area (Å²) in [6.07, 6.45) is 4.98. The molecule has 0 spiro atoms. The molecule has 2 heteroatoms. The van der Waals surface area contributed by atoms with Crippen molar-refractivity contribution in [1.82, 2.24) is 0 Å². The fraction of sp³-hybridized carbons (Fsp3) is 0.538. The Balaban J connectivity index is 2.05. The molecular formula is C13H15BrO. The van der Waals surface area contributed by atoms with Gasteiger partial charge in [-0.25, -0.2) is 0 Å². The standard InChI is InChI=1S/C13H15BrO/c14-7-5-10-2-1-9-3-4-12-11(13(9)10)6-8-15-12/h3-4,10H,1-2,5-8H2. The second-order valence-electron chi connectivity index (χ2n) is 4.43. The molecular weight excluding hydrogens is 252 g/mol. The Morgan fingerprint density at radius 2 is 2.27 bits per heavy atom. The Labute approximate surface area is 99.0 Å². The summed E-state index contributed by atoms with van der Waals surface area (Å²) < 4.78 is 5.64. The van der Waals surface area contributed by atoms with Crippen molar-refractivity contribution in [2.75, 3.05) is 11.9 Å². The van der Waals surface area contributed by atoms with E-state index >= 15 is 0 Å². The number of hydrogen-bond acceptors (Lipinski definition) is 1. The van der Waals surface area contributed by atoms with Crippen LogP contribution >= 0.6 is 15.9 Å². The minimum absolute atomic E-state index is 0.774. The van der Waals surface area contributed by atoms with Crippen LogP contribution in [0.25, 0.3) is 0 Å². The van der Waals surface area contributed by atoms with Crippen molar-refractivity contribution >= 4 is 15.9 Å². The number of halogens is 1. The number of alkyl halides is 1. The zero-order chi connectivity index (χ0) is 10.3. The van der Waals surface area contributed by atoms with Gasteiger partial charge in [0.15, 0.2) is 0 Å². The highest BCUT2D eigenvalue weighted by Gasteiger charge is 2.28. The van der Waals surface area contributed by atoms with Crippen molar-refractivity contribution < 1.29 is 4.74 Å². The molecule has 1 nitrogen and oxygen atoms in total. The average molecular weight is 267 g/mol. The SMILES string of the molecule is BrCCC1CCc2ccc3c(c21)CCO3. The zero-order valence-electron chi connectivity index (χ0n) is 8.76. The molecule has 1 unspecified atom stereocenters. The summed E-state index contributed by atoms with van der Waals surface area (Å²) in [5.74, 6) is 1.92. The van der Waals surface area contributed by atoms with E-state index in [1.807, 2.05) is 0 Å². The zero-order valence-corrected chi connectivity index (χ0v) is 10.3. The lowest BCUT2D eigenvalue weighted by Gasteiger charge is -2.13. The van der Waals surface area contributed by atoms with Gasteiger partial charge < -0.3 is 4.74 Å². The van der Waals surface area contributed by atoms with E-state index in [2.05, 4.69) is 28.1 Å². The fourth-order valence-corrected chi connectivity index (χ4v) is 3.52. The van der Waals surface area contributed by atoms with E-state index in [0.717, 1.165) is 30.0 Å². The molecule has 2 aliphatic rings. The van der Waals surface area contributed by atoms with Crippen molar-refractivity contribution in [2.24, 2.45) is 0 Å². The smallest absolute Gasteiger partial charge is 0.122 e. The fourth-order valence-electron chi connectivity index (χ4n) is 2.97. The van der Waals surface area contributed by atoms with E-state index in [0.29, 0.717) is 0 Å². The molecule has 0 saturated heterocycles. The van der Waals surface area contributed by atoms with Crippen molar-refractivity contribution in [2.45, 2.75) is 31.6 Å². The molecule has 1 heterocycles. The summed E-state index contributed by atoms with van der Waals surface area (Å²) in [5.41, 5.74) is 4.71. The summed E-state index contributed by atoms with van der Waals surface area (Å²) in [6, 6.07) is 4.44. The number of benzene rings is 1. The Morgan fingerprint density at radius 1 is 1.33 bits per heavy atom. The lowest BCUT2D eigenvalue weighted by molar-refractivity contribution is 0.357. The second-order valence-corrected chi connectivity index (χ2v) is 5.22. The van der Waals surface area contributed by atoms with Gasteiger partial charge in [-0.2, -0.15) is 0 Å². The second kappa shape index (κ2) is 3.82. The highest BCUT2D eigenvalue weighted by molar-refractivity contribution is 9.09. The molecule has 15 heavy (non-hydrogen) atoms. The van der Waals surface area contributed by atoms with Crippen molar-refractivity contribution in [1.29, 1.82) is 0 Å². The van der Waals surface area contributed by atoms with Crippen molar-refractivity contribution in [3.05, 3.63) is 28.8 Å². The van der Waals surface area contributed by atoms with Gasteiger partial charge in [-0.15, -0.1) is 0 Å². The van der Waals surface area contributed by atoms with Gasteiger partial charge in [-0.1, -0.05) is 22.0 Å². The minimum Gasteiger partial charge on any atom is -0.493 e. The summed E-state index contributed by atoms with van der Waals surface area (Å²) in [6.45, 7) is 0.882. The normalized spacial score (nSPS) is 22.3. The summed E-state index contributed by atoms with van der Waals surface area (Å²) in [5, 5.41) is 1.11. The van der Waals surface area contributed by atoms with Crippen LogP contribution in [0, 0.1) is 0 Å². The molecule has 1 aliphatic carbocycles. The third kappa shape index (κ3) is 1.50. The summed E-state index contributed by atoms with van der Waals surface area (Å²) >= 11 is 3.56. The first kappa shape index (κ1) is 9.71. The molecule has 1 atom stereocenters. The van der Waals surface area contributed by atoms with E-state index < -0.39 is 0 Å². The van der Waals surface area contributed by atoms with Gasteiger partial charge >= 0.3 is 0 Å². The van der Waals surface area contributed by atoms with Crippen LogP contribution in [0.15, 0.2) is 12.1 Å². The van der Waals surface area contributed by atoms with Gasteiger partial charge in [0.1, 0.15) is 5.75 Å². The first-order valence-electron chi connectivity index (χ1n) is 5.73. The number of ether oxygens (including phenoxy) is 1. The number of aryl methyl sites for hydroxylation is 1. The van der Waals surface area contributed by atoms with Gasteiger partial charge in [0.25, 0.3) is 0 Å². The van der Waals surface area contributed by atoms with Crippen LogP contribution in [0.3, 0.4) is 0 Å². The number of fused-ring (bicyclic) bond motifs is 3. The van der Waals surface area contributed by atoms with Crippen LogP contribution in [0.2, 0.25) is 0 Å². The number of hydrogen-bond donors (Lipinski definition) is 0. The Hall–Kier alpha value is -0.500. The topological polar surface area (TPSA) is 9.23 Å². The lowest BCUT2D eigenvalue weighted by Crippen LogP contribution is -1.98. The van der Waals surface area contributed by atoms with Gasteiger partial charge in [0.2, 0.25) is 0 Å². The van der Waals surface area contributed by atoms with Crippen LogP contribution < -0.4 is 4.74 Å². The predicted molar refractivity (Wildman–Crippen MR) is 65.1 cm³/mol. The third-order valence-corrected chi connectivity index (χ3v) is 4.10. The Bertz CT molecular complexity index is 384. The van der Waals surface area contributed by atoms with Gasteiger partial charge in [0, 0.05) is 17.3 Å².